The molecule has 0 unspecified atom stereocenters. The van der Waals surface area contributed by atoms with Gasteiger partial charge in [-0.05, 0) is 56.2 Å². The molecule has 170 valence electrons. The van der Waals surface area contributed by atoms with Gasteiger partial charge < -0.3 is 9.64 Å². The number of piperidine rings is 1. The lowest BCUT2D eigenvalue weighted by atomic mass is 9.96. The Labute approximate surface area is 192 Å². The quantitative estimate of drug-likeness (QED) is 0.618. The summed E-state index contributed by atoms with van der Waals surface area (Å²) >= 11 is 1.75. The highest BCUT2D eigenvalue weighted by Gasteiger charge is 2.35. The normalized spacial score (nSPS) is 17.6. The second-order valence-corrected chi connectivity index (χ2v) is 10.8. The monoisotopic (exact) mass is 474 g/mol. The summed E-state index contributed by atoms with van der Waals surface area (Å²) in [5.74, 6) is 0.267. The Morgan fingerprint density at radius 2 is 1.72 bits per heavy atom. The molecule has 0 aliphatic carbocycles. The molecule has 2 aromatic rings. The minimum atomic E-state index is -3.69. The number of ether oxygens (including phenoxy) is 1. The smallest absolute Gasteiger partial charge is 0.338 e. The number of amides is 1. The van der Waals surface area contributed by atoms with Gasteiger partial charge in [0, 0.05) is 36.2 Å². The van der Waals surface area contributed by atoms with Gasteiger partial charge in [-0.15, -0.1) is 11.8 Å². The number of hydrogen-bond donors (Lipinski definition) is 0. The van der Waals surface area contributed by atoms with Crippen molar-refractivity contribution < 1.29 is 22.7 Å². The van der Waals surface area contributed by atoms with Crippen molar-refractivity contribution in [3.8, 4) is 0 Å². The highest BCUT2D eigenvalue weighted by atomic mass is 32.2. The van der Waals surface area contributed by atoms with Crippen molar-refractivity contribution in [2.24, 2.45) is 5.92 Å². The molecule has 2 aromatic carbocycles. The number of carbonyl (C=O) groups is 2. The fraction of sp³-hybridized carbons (Fsp3) is 0.391. The van der Waals surface area contributed by atoms with Crippen LogP contribution in [0.25, 0.3) is 0 Å². The number of fused-ring (bicyclic) bond motifs is 1. The molecule has 9 heteroatoms. The summed E-state index contributed by atoms with van der Waals surface area (Å²) in [5.41, 5.74) is 1.26. The zero-order valence-electron chi connectivity index (χ0n) is 17.9. The van der Waals surface area contributed by atoms with Gasteiger partial charge >= 0.3 is 5.97 Å². The Balaban J connectivity index is 1.41. The van der Waals surface area contributed by atoms with E-state index in [2.05, 4.69) is 0 Å². The van der Waals surface area contributed by atoms with Crippen molar-refractivity contribution in [3.63, 3.8) is 0 Å². The standard InChI is InChI=1S/C23H26N2O5S2/c1-2-30-23(27)18-7-9-19(10-8-18)32(28,29)24-13-11-17(12-14-24)22(26)25-15-16-31-21-6-4-3-5-20(21)25/h3-10,17H,2,11-16H2,1H3. The molecule has 0 atom stereocenters. The van der Waals surface area contributed by atoms with Crippen LogP contribution in [-0.4, -0.2) is 56.6 Å². The van der Waals surface area contributed by atoms with Crippen LogP contribution >= 0.6 is 11.8 Å². The molecular formula is C23H26N2O5S2. The van der Waals surface area contributed by atoms with E-state index >= 15 is 0 Å². The Morgan fingerprint density at radius 3 is 2.41 bits per heavy atom. The molecule has 1 amide bonds. The van der Waals surface area contributed by atoms with Crippen molar-refractivity contribution in [2.45, 2.75) is 29.6 Å². The van der Waals surface area contributed by atoms with Crippen molar-refractivity contribution in [1.82, 2.24) is 4.31 Å². The van der Waals surface area contributed by atoms with Gasteiger partial charge in [0.25, 0.3) is 0 Å². The van der Waals surface area contributed by atoms with Crippen molar-refractivity contribution in [3.05, 3.63) is 54.1 Å². The molecule has 1 fully saturated rings. The van der Waals surface area contributed by atoms with Crippen LogP contribution in [0.1, 0.15) is 30.1 Å². The van der Waals surface area contributed by atoms with E-state index in [1.165, 1.54) is 28.6 Å². The first-order valence-corrected chi connectivity index (χ1v) is 13.1. The van der Waals surface area contributed by atoms with Crippen molar-refractivity contribution >= 4 is 39.3 Å². The summed E-state index contributed by atoms with van der Waals surface area (Å²) < 4.78 is 32.5. The zero-order chi connectivity index (χ0) is 22.7. The molecule has 32 heavy (non-hydrogen) atoms. The Kier molecular flexibility index (Phi) is 6.88. The van der Waals surface area contributed by atoms with Crippen LogP contribution in [0, 0.1) is 5.92 Å². The van der Waals surface area contributed by atoms with Crippen LogP contribution in [0.5, 0.6) is 0 Å². The van der Waals surface area contributed by atoms with E-state index < -0.39 is 16.0 Å². The van der Waals surface area contributed by atoms with E-state index in [4.69, 9.17) is 4.74 Å². The molecule has 2 aliphatic heterocycles. The second-order valence-electron chi connectivity index (χ2n) is 7.73. The average molecular weight is 475 g/mol. The predicted molar refractivity (Wildman–Crippen MR) is 123 cm³/mol. The lowest BCUT2D eigenvalue weighted by Crippen LogP contribution is -2.45. The number of carbonyl (C=O) groups excluding carboxylic acids is 2. The predicted octanol–water partition coefficient (Wildman–Crippen LogP) is 3.40. The minimum Gasteiger partial charge on any atom is -0.462 e. The van der Waals surface area contributed by atoms with E-state index in [0.29, 0.717) is 38.0 Å². The molecule has 0 bridgehead atoms. The SMILES string of the molecule is CCOC(=O)c1ccc(S(=O)(=O)N2CCC(C(=O)N3CCSc4ccccc43)CC2)cc1. The number of thioether (sulfide) groups is 1. The first kappa shape index (κ1) is 22.8. The number of hydrogen-bond acceptors (Lipinski definition) is 6. The maximum absolute atomic E-state index is 13.2. The summed E-state index contributed by atoms with van der Waals surface area (Å²) in [4.78, 5) is 28.1. The molecule has 0 N–H and O–H groups in total. The summed E-state index contributed by atoms with van der Waals surface area (Å²) in [6.45, 7) is 3.24. The number of esters is 1. The van der Waals surface area contributed by atoms with E-state index in [1.807, 2.05) is 29.2 Å². The molecule has 0 saturated carbocycles. The Bertz CT molecular complexity index is 1090. The van der Waals surface area contributed by atoms with E-state index in [1.54, 1.807) is 18.7 Å². The summed E-state index contributed by atoms with van der Waals surface area (Å²) in [6.07, 6.45) is 0.982. The Hall–Kier alpha value is -2.36. The van der Waals surface area contributed by atoms with Crippen LogP contribution in [0.15, 0.2) is 58.3 Å². The van der Waals surface area contributed by atoms with E-state index in [0.717, 1.165) is 16.3 Å². The van der Waals surface area contributed by atoms with Gasteiger partial charge in [-0.1, -0.05) is 12.1 Å². The molecule has 2 heterocycles. The zero-order valence-corrected chi connectivity index (χ0v) is 19.5. The third kappa shape index (κ3) is 4.55. The van der Waals surface area contributed by atoms with Crippen LogP contribution < -0.4 is 4.90 Å². The van der Waals surface area contributed by atoms with Gasteiger partial charge in [0.1, 0.15) is 0 Å². The van der Waals surface area contributed by atoms with Gasteiger partial charge in [-0.2, -0.15) is 4.31 Å². The summed E-state index contributed by atoms with van der Waals surface area (Å²) in [7, 11) is -3.69. The van der Waals surface area contributed by atoms with Gasteiger partial charge in [-0.25, -0.2) is 13.2 Å². The van der Waals surface area contributed by atoms with E-state index in [9.17, 15) is 18.0 Å². The highest BCUT2D eigenvalue weighted by Crippen LogP contribution is 2.36. The molecule has 7 nitrogen and oxygen atoms in total. The molecular weight excluding hydrogens is 448 g/mol. The van der Waals surface area contributed by atoms with Crippen LogP contribution in [0.3, 0.4) is 0 Å². The first-order chi connectivity index (χ1) is 15.4. The molecule has 4 rings (SSSR count). The largest absolute Gasteiger partial charge is 0.462 e. The molecule has 0 aromatic heterocycles. The van der Waals surface area contributed by atoms with E-state index in [-0.39, 0.29) is 23.3 Å². The van der Waals surface area contributed by atoms with Gasteiger partial charge in [-0.3, -0.25) is 4.79 Å². The molecule has 1 saturated heterocycles. The number of rotatable bonds is 5. The third-order valence-corrected chi connectivity index (χ3v) is 8.76. The summed E-state index contributed by atoms with van der Waals surface area (Å²) in [6, 6.07) is 13.7. The van der Waals surface area contributed by atoms with Crippen molar-refractivity contribution in [2.75, 3.05) is 36.9 Å². The summed E-state index contributed by atoms with van der Waals surface area (Å²) in [5, 5.41) is 0. The topological polar surface area (TPSA) is 84.0 Å². The lowest BCUT2D eigenvalue weighted by Gasteiger charge is -2.35. The fourth-order valence-corrected chi connectivity index (χ4v) is 6.55. The van der Waals surface area contributed by atoms with Crippen molar-refractivity contribution in [1.29, 1.82) is 0 Å². The maximum atomic E-state index is 13.2. The number of para-hydroxylation sites is 1. The lowest BCUT2D eigenvalue weighted by molar-refractivity contribution is -0.123. The third-order valence-electron chi connectivity index (χ3n) is 5.80. The van der Waals surface area contributed by atoms with Crippen LogP contribution in [-0.2, 0) is 19.6 Å². The van der Waals surface area contributed by atoms with Gasteiger partial charge in [0.05, 0.1) is 22.8 Å². The highest BCUT2D eigenvalue weighted by molar-refractivity contribution is 7.99. The molecule has 2 aliphatic rings. The second kappa shape index (κ2) is 9.64. The molecule has 0 radical (unpaired) electrons. The Morgan fingerprint density at radius 1 is 1.03 bits per heavy atom. The van der Waals surface area contributed by atoms with Crippen LogP contribution in [0.4, 0.5) is 5.69 Å². The number of sulfonamides is 1. The van der Waals surface area contributed by atoms with Gasteiger partial charge in [0.2, 0.25) is 15.9 Å². The van der Waals surface area contributed by atoms with Gasteiger partial charge in [0.15, 0.2) is 0 Å². The maximum Gasteiger partial charge on any atom is 0.338 e. The van der Waals surface area contributed by atoms with Crippen LogP contribution in [0.2, 0.25) is 0 Å². The number of nitrogens with zero attached hydrogens (tertiary/aromatic N) is 2. The average Bonchev–Trinajstić information content (AvgIpc) is 2.83. The fourth-order valence-electron chi connectivity index (χ4n) is 4.09. The number of anilines is 1. The minimum absolute atomic E-state index is 0.0774. The molecule has 0 spiro atoms. The first-order valence-electron chi connectivity index (χ1n) is 10.7. The number of benzene rings is 2.